The van der Waals surface area contributed by atoms with Gasteiger partial charge in [-0.2, -0.15) is 5.10 Å². The van der Waals surface area contributed by atoms with Gasteiger partial charge in [-0.1, -0.05) is 23.7 Å². The fourth-order valence-electron chi connectivity index (χ4n) is 6.01. The normalized spacial score (nSPS) is 21.1. The molecule has 39 heavy (non-hydrogen) atoms. The number of amides is 1. The van der Waals surface area contributed by atoms with Crippen molar-refractivity contribution in [1.82, 2.24) is 19.6 Å². The molecule has 2 fully saturated rings. The van der Waals surface area contributed by atoms with Crippen molar-refractivity contribution in [3.63, 3.8) is 0 Å². The Bertz CT molecular complexity index is 1380. The Morgan fingerprint density at radius 1 is 1.03 bits per heavy atom. The highest BCUT2D eigenvalue weighted by atomic mass is 35.5. The molecule has 0 saturated carbocycles. The fourth-order valence-corrected chi connectivity index (χ4v) is 6.18. The van der Waals surface area contributed by atoms with Crippen LogP contribution in [-0.4, -0.2) is 57.2 Å². The van der Waals surface area contributed by atoms with Crippen LogP contribution in [0.5, 0.6) is 0 Å². The van der Waals surface area contributed by atoms with Gasteiger partial charge in [-0.25, -0.2) is 17.9 Å². The topological polar surface area (TPSA) is 41.4 Å². The second-order valence-corrected chi connectivity index (χ2v) is 12.2. The van der Waals surface area contributed by atoms with E-state index < -0.39 is 23.4 Å². The van der Waals surface area contributed by atoms with Crippen LogP contribution in [0.3, 0.4) is 0 Å². The van der Waals surface area contributed by atoms with Gasteiger partial charge >= 0.3 is 0 Å². The van der Waals surface area contributed by atoms with Crippen molar-refractivity contribution in [2.45, 2.75) is 57.9 Å². The number of halogens is 4. The largest absolute Gasteiger partial charge is 0.342 e. The molecule has 2 aromatic carbocycles. The van der Waals surface area contributed by atoms with Crippen molar-refractivity contribution in [2.75, 3.05) is 26.2 Å². The Hall–Kier alpha value is -2.84. The average molecular weight is 559 g/mol. The molecule has 1 aromatic heterocycles. The molecule has 3 heterocycles. The Kier molecular flexibility index (Phi) is 7.55. The van der Waals surface area contributed by atoms with E-state index >= 15 is 0 Å². The molecule has 0 N–H and O–H groups in total. The molecular formula is C30H34ClF3N4O. The summed E-state index contributed by atoms with van der Waals surface area (Å²) in [5.74, 6) is -2.44. The highest BCUT2D eigenvalue weighted by Crippen LogP contribution is 2.40. The molecule has 0 radical (unpaired) electrons. The first-order chi connectivity index (χ1) is 18.4. The molecule has 1 amide bonds. The van der Waals surface area contributed by atoms with Gasteiger partial charge in [-0.3, -0.25) is 9.69 Å². The van der Waals surface area contributed by atoms with Gasteiger partial charge in [0, 0.05) is 55.3 Å². The summed E-state index contributed by atoms with van der Waals surface area (Å²) < 4.78 is 45.0. The van der Waals surface area contributed by atoms with E-state index in [1.807, 2.05) is 17.9 Å². The van der Waals surface area contributed by atoms with Crippen LogP contribution >= 0.6 is 11.6 Å². The first-order valence-corrected chi connectivity index (χ1v) is 13.8. The Morgan fingerprint density at radius 2 is 1.74 bits per heavy atom. The average Bonchev–Trinajstić information content (AvgIpc) is 3.50. The van der Waals surface area contributed by atoms with Crippen LogP contribution in [0.15, 0.2) is 42.5 Å². The van der Waals surface area contributed by atoms with Gasteiger partial charge in [0.15, 0.2) is 5.82 Å². The van der Waals surface area contributed by atoms with Crippen molar-refractivity contribution in [3.8, 4) is 5.69 Å². The maximum absolute atomic E-state index is 14.9. The van der Waals surface area contributed by atoms with E-state index in [9.17, 15) is 18.0 Å². The molecular weight excluding hydrogens is 525 g/mol. The highest BCUT2D eigenvalue weighted by molar-refractivity contribution is 6.30. The predicted octanol–water partition coefficient (Wildman–Crippen LogP) is 6.47. The van der Waals surface area contributed by atoms with E-state index in [0.29, 0.717) is 50.3 Å². The summed E-state index contributed by atoms with van der Waals surface area (Å²) in [6.45, 7) is 10.2. The second kappa shape index (κ2) is 10.6. The number of aromatic nitrogens is 2. The zero-order valence-electron chi connectivity index (χ0n) is 22.7. The molecule has 2 atom stereocenters. The van der Waals surface area contributed by atoms with Crippen LogP contribution in [0.1, 0.15) is 62.4 Å². The van der Waals surface area contributed by atoms with Crippen molar-refractivity contribution >= 4 is 17.5 Å². The quantitative estimate of drug-likeness (QED) is 0.368. The van der Waals surface area contributed by atoms with Crippen LogP contribution < -0.4 is 0 Å². The zero-order chi connectivity index (χ0) is 28.1. The van der Waals surface area contributed by atoms with Gasteiger partial charge in [0.25, 0.3) is 0 Å². The smallest absolute Gasteiger partial charge is 0.227 e. The molecule has 0 spiro atoms. The molecule has 9 heteroatoms. The van der Waals surface area contributed by atoms with Crippen LogP contribution in [0.2, 0.25) is 5.02 Å². The van der Waals surface area contributed by atoms with Crippen molar-refractivity contribution in [3.05, 3.63) is 81.9 Å². The van der Waals surface area contributed by atoms with Gasteiger partial charge < -0.3 is 4.90 Å². The predicted molar refractivity (Wildman–Crippen MR) is 146 cm³/mol. The molecule has 0 unspecified atom stereocenters. The molecule has 0 aliphatic carbocycles. The fraction of sp³-hybridized carbons (Fsp3) is 0.467. The summed E-state index contributed by atoms with van der Waals surface area (Å²) in [6.07, 6.45) is 1.40. The van der Waals surface area contributed by atoms with Crippen LogP contribution in [-0.2, 0) is 4.79 Å². The number of piperidine rings is 1. The minimum atomic E-state index is -0.626. The summed E-state index contributed by atoms with van der Waals surface area (Å²) in [6, 6.07) is 10.5. The monoisotopic (exact) mass is 558 g/mol. The molecule has 0 bridgehead atoms. The summed E-state index contributed by atoms with van der Waals surface area (Å²) in [7, 11) is 0. The van der Waals surface area contributed by atoms with E-state index in [1.165, 1.54) is 18.2 Å². The minimum absolute atomic E-state index is 0.000464. The lowest BCUT2D eigenvalue weighted by atomic mass is 9.86. The molecule has 208 valence electrons. The summed E-state index contributed by atoms with van der Waals surface area (Å²) in [5.41, 5.74) is 2.18. The summed E-state index contributed by atoms with van der Waals surface area (Å²) >= 11 is 6.03. The van der Waals surface area contributed by atoms with Gasteiger partial charge in [0.05, 0.1) is 16.6 Å². The maximum atomic E-state index is 14.9. The zero-order valence-corrected chi connectivity index (χ0v) is 23.5. The Balaban J connectivity index is 1.35. The van der Waals surface area contributed by atoms with Crippen LogP contribution in [0, 0.1) is 30.3 Å². The van der Waals surface area contributed by atoms with E-state index in [1.54, 1.807) is 16.8 Å². The lowest BCUT2D eigenvalue weighted by Crippen LogP contribution is -2.44. The molecule has 5 rings (SSSR count). The number of hydrogen-bond acceptors (Lipinski definition) is 3. The molecule has 2 aliphatic rings. The summed E-state index contributed by atoms with van der Waals surface area (Å²) in [4.78, 5) is 17.9. The van der Waals surface area contributed by atoms with Crippen molar-refractivity contribution in [2.24, 2.45) is 5.92 Å². The third-order valence-electron chi connectivity index (χ3n) is 8.19. The third kappa shape index (κ3) is 5.46. The molecule has 2 aliphatic heterocycles. The number of carbonyl (C=O) groups is 1. The SMILES string of the molecule is Cc1cc(C2CCN(C(=O)[C@@H]3CN(C(C)(C)C)C[C@H]3c3ccc(F)cc3F)CC2)n(-c2cccc(Cl)c2F)n1. The van der Waals surface area contributed by atoms with Gasteiger partial charge in [-0.05, 0) is 70.4 Å². The number of benzene rings is 2. The molecule has 2 saturated heterocycles. The molecule has 5 nitrogen and oxygen atoms in total. The van der Waals surface area contributed by atoms with E-state index in [0.717, 1.165) is 17.5 Å². The van der Waals surface area contributed by atoms with Gasteiger partial charge in [0.2, 0.25) is 5.91 Å². The van der Waals surface area contributed by atoms with Gasteiger partial charge in [-0.15, -0.1) is 0 Å². The van der Waals surface area contributed by atoms with Crippen molar-refractivity contribution in [1.29, 1.82) is 0 Å². The number of carbonyl (C=O) groups excluding carboxylic acids is 1. The second-order valence-electron chi connectivity index (χ2n) is 11.7. The Morgan fingerprint density at radius 3 is 2.41 bits per heavy atom. The van der Waals surface area contributed by atoms with E-state index in [2.05, 4.69) is 30.8 Å². The number of nitrogens with zero attached hydrogens (tertiary/aromatic N) is 4. The van der Waals surface area contributed by atoms with Crippen LogP contribution in [0.25, 0.3) is 5.69 Å². The maximum Gasteiger partial charge on any atom is 0.227 e. The first kappa shape index (κ1) is 27.7. The third-order valence-corrected chi connectivity index (χ3v) is 8.48. The standard InChI is InChI=1S/C30H34ClF3N4O/c1-18-14-27(38(35-18)26-7-5-6-24(31)28(26)34)19-10-12-36(13-11-19)29(39)23-17-37(30(2,3)4)16-22(23)21-9-8-20(32)15-25(21)33/h5-9,14-15,19,22-23H,10-13,16-17H2,1-4H3/t22-,23+/m0/s1. The number of aryl methyl sites for hydroxylation is 1. The minimum Gasteiger partial charge on any atom is -0.342 e. The number of rotatable bonds is 4. The summed E-state index contributed by atoms with van der Waals surface area (Å²) in [5, 5.41) is 4.58. The molecule has 3 aromatic rings. The van der Waals surface area contributed by atoms with Crippen LogP contribution in [0.4, 0.5) is 13.2 Å². The lowest BCUT2D eigenvalue weighted by molar-refractivity contribution is -0.136. The van der Waals surface area contributed by atoms with Gasteiger partial charge in [0.1, 0.15) is 17.3 Å². The number of likely N-dealkylation sites (tertiary alicyclic amines) is 2. The number of hydrogen-bond donors (Lipinski definition) is 0. The van der Waals surface area contributed by atoms with Crippen molar-refractivity contribution < 1.29 is 18.0 Å². The lowest BCUT2D eigenvalue weighted by Gasteiger charge is -2.35. The Labute approximate surface area is 232 Å². The van der Waals surface area contributed by atoms with E-state index in [4.69, 9.17) is 11.6 Å². The highest BCUT2D eigenvalue weighted by Gasteiger charge is 2.45. The first-order valence-electron chi connectivity index (χ1n) is 13.4. The van der Waals surface area contributed by atoms with E-state index in [-0.39, 0.29) is 28.3 Å².